The Morgan fingerprint density at radius 2 is 2.28 bits per heavy atom. The van der Waals surface area contributed by atoms with Crippen molar-refractivity contribution in [2.75, 3.05) is 18.6 Å². The molecule has 2 heterocycles. The van der Waals surface area contributed by atoms with Gasteiger partial charge in [-0.2, -0.15) is 0 Å². The fourth-order valence-electron chi connectivity index (χ4n) is 2.36. The second-order valence-electron chi connectivity index (χ2n) is 4.37. The minimum atomic E-state index is -0.799. The molecule has 1 fully saturated rings. The standard InChI is InChI=1S/C12H17N3O3/c1-8-10(13-7-14-11(8)18-2)15-6-4-3-5-9(15)12(16)17/h7,9H,3-6H2,1-2H3,(H,16,17). The summed E-state index contributed by atoms with van der Waals surface area (Å²) in [6.07, 6.45) is 3.99. The van der Waals surface area contributed by atoms with Crippen LogP contribution in [-0.4, -0.2) is 40.7 Å². The number of methoxy groups -OCH3 is 1. The van der Waals surface area contributed by atoms with Gasteiger partial charge in [-0.05, 0) is 26.2 Å². The highest BCUT2D eigenvalue weighted by Crippen LogP contribution is 2.29. The van der Waals surface area contributed by atoms with Crippen molar-refractivity contribution in [3.63, 3.8) is 0 Å². The van der Waals surface area contributed by atoms with Crippen molar-refractivity contribution in [3.8, 4) is 5.88 Å². The molecule has 1 aromatic heterocycles. The van der Waals surface area contributed by atoms with E-state index in [9.17, 15) is 9.90 Å². The maximum atomic E-state index is 11.3. The highest BCUT2D eigenvalue weighted by atomic mass is 16.5. The quantitative estimate of drug-likeness (QED) is 0.871. The van der Waals surface area contributed by atoms with Crippen LogP contribution in [-0.2, 0) is 4.79 Å². The molecule has 0 aliphatic carbocycles. The first kappa shape index (κ1) is 12.6. The molecule has 1 aliphatic rings. The first-order chi connectivity index (χ1) is 8.65. The number of aromatic nitrogens is 2. The van der Waals surface area contributed by atoms with Crippen molar-refractivity contribution in [1.82, 2.24) is 9.97 Å². The van der Waals surface area contributed by atoms with E-state index in [2.05, 4.69) is 9.97 Å². The van der Waals surface area contributed by atoms with Crippen LogP contribution in [0.1, 0.15) is 24.8 Å². The number of aliphatic carboxylic acids is 1. The number of carboxylic acids is 1. The van der Waals surface area contributed by atoms with Crippen LogP contribution in [0.15, 0.2) is 6.33 Å². The molecule has 0 spiro atoms. The Kier molecular flexibility index (Phi) is 3.64. The van der Waals surface area contributed by atoms with E-state index in [-0.39, 0.29) is 0 Å². The summed E-state index contributed by atoms with van der Waals surface area (Å²) >= 11 is 0. The van der Waals surface area contributed by atoms with Gasteiger partial charge in [-0.15, -0.1) is 0 Å². The molecule has 0 bridgehead atoms. The molecule has 1 N–H and O–H groups in total. The van der Waals surface area contributed by atoms with Gasteiger partial charge in [0.05, 0.1) is 12.7 Å². The second kappa shape index (κ2) is 5.20. The van der Waals surface area contributed by atoms with Gasteiger partial charge < -0.3 is 14.7 Å². The molecule has 1 aromatic rings. The van der Waals surface area contributed by atoms with E-state index in [0.717, 1.165) is 18.4 Å². The maximum Gasteiger partial charge on any atom is 0.326 e. The molecule has 1 saturated heterocycles. The Bertz CT molecular complexity index is 450. The van der Waals surface area contributed by atoms with Crippen molar-refractivity contribution in [1.29, 1.82) is 0 Å². The Balaban J connectivity index is 2.36. The Hall–Kier alpha value is -1.85. The maximum absolute atomic E-state index is 11.3. The lowest BCUT2D eigenvalue weighted by Crippen LogP contribution is -2.45. The summed E-state index contributed by atoms with van der Waals surface area (Å²) in [6.45, 7) is 2.56. The van der Waals surface area contributed by atoms with Crippen molar-refractivity contribution >= 4 is 11.8 Å². The molecule has 0 aromatic carbocycles. The van der Waals surface area contributed by atoms with Crippen LogP contribution in [0.2, 0.25) is 0 Å². The lowest BCUT2D eigenvalue weighted by Gasteiger charge is -2.34. The number of carbonyl (C=O) groups is 1. The normalized spacial score (nSPS) is 19.7. The lowest BCUT2D eigenvalue weighted by molar-refractivity contribution is -0.139. The molecule has 0 amide bonds. The molecule has 18 heavy (non-hydrogen) atoms. The molecular formula is C12H17N3O3. The summed E-state index contributed by atoms with van der Waals surface area (Å²) in [6, 6.07) is -0.503. The van der Waals surface area contributed by atoms with E-state index in [1.165, 1.54) is 6.33 Å². The number of piperidine rings is 1. The number of carboxylic acid groups (broad SMARTS) is 1. The van der Waals surface area contributed by atoms with Crippen LogP contribution < -0.4 is 9.64 Å². The predicted octanol–water partition coefficient (Wildman–Crippen LogP) is 1.24. The van der Waals surface area contributed by atoms with E-state index in [0.29, 0.717) is 24.7 Å². The number of rotatable bonds is 3. The zero-order valence-electron chi connectivity index (χ0n) is 10.6. The minimum absolute atomic E-state index is 0.495. The van der Waals surface area contributed by atoms with Crippen LogP contribution in [0.5, 0.6) is 5.88 Å². The zero-order valence-corrected chi connectivity index (χ0v) is 10.6. The van der Waals surface area contributed by atoms with Crippen LogP contribution in [0.25, 0.3) is 0 Å². The molecular weight excluding hydrogens is 234 g/mol. The lowest BCUT2D eigenvalue weighted by atomic mass is 10.0. The zero-order chi connectivity index (χ0) is 13.1. The molecule has 0 saturated carbocycles. The molecule has 6 heteroatoms. The molecule has 1 aliphatic heterocycles. The molecule has 2 rings (SSSR count). The number of hydrogen-bond donors (Lipinski definition) is 1. The minimum Gasteiger partial charge on any atom is -0.481 e. The highest BCUT2D eigenvalue weighted by Gasteiger charge is 2.30. The summed E-state index contributed by atoms with van der Waals surface area (Å²) in [5.41, 5.74) is 0.785. The number of anilines is 1. The summed E-state index contributed by atoms with van der Waals surface area (Å²) in [5, 5.41) is 9.27. The van der Waals surface area contributed by atoms with Gasteiger partial charge in [-0.25, -0.2) is 14.8 Å². The fraction of sp³-hybridized carbons (Fsp3) is 0.583. The van der Waals surface area contributed by atoms with Gasteiger partial charge in [-0.1, -0.05) is 0 Å². The first-order valence-corrected chi connectivity index (χ1v) is 6.00. The molecule has 1 atom stereocenters. The van der Waals surface area contributed by atoms with E-state index in [4.69, 9.17) is 4.74 Å². The molecule has 1 unspecified atom stereocenters. The molecule has 98 valence electrons. The van der Waals surface area contributed by atoms with Crippen LogP contribution in [0, 0.1) is 6.92 Å². The third-order valence-corrected chi connectivity index (χ3v) is 3.26. The number of hydrogen-bond acceptors (Lipinski definition) is 5. The van der Waals surface area contributed by atoms with E-state index in [1.807, 2.05) is 11.8 Å². The molecule has 6 nitrogen and oxygen atoms in total. The van der Waals surface area contributed by atoms with Gasteiger partial charge in [0.1, 0.15) is 18.2 Å². The van der Waals surface area contributed by atoms with Crippen LogP contribution >= 0.6 is 0 Å². The van der Waals surface area contributed by atoms with E-state index < -0.39 is 12.0 Å². The highest BCUT2D eigenvalue weighted by molar-refractivity contribution is 5.78. The van der Waals surface area contributed by atoms with Gasteiger partial charge in [0.2, 0.25) is 5.88 Å². The van der Waals surface area contributed by atoms with E-state index >= 15 is 0 Å². The summed E-state index contributed by atoms with van der Waals surface area (Å²) in [5.74, 6) is 0.357. The Labute approximate surface area is 106 Å². The predicted molar refractivity (Wildman–Crippen MR) is 65.9 cm³/mol. The summed E-state index contributed by atoms with van der Waals surface area (Å²) < 4.78 is 5.15. The Morgan fingerprint density at radius 1 is 1.50 bits per heavy atom. The molecule has 0 radical (unpaired) electrons. The van der Waals surface area contributed by atoms with Gasteiger partial charge >= 0.3 is 5.97 Å². The summed E-state index contributed by atoms with van der Waals surface area (Å²) in [7, 11) is 1.55. The van der Waals surface area contributed by atoms with Crippen LogP contribution in [0.3, 0.4) is 0 Å². The average Bonchev–Trinajstić information content (AvgIpc) is 2.39. The second-order valence-corrected chi connectivity index (χ2v) is 4.37. The Morgan fingerprint density at radius 3 is 2.94 bits per heavy atom. The van der Waals surface area contributed by atoms with Gasteiger partial charge in [0.25, 0.3) is 0 Å². The smallest absolute Gasteiger partial charge is 0.326 e. The van der Waals surface area contributed by atoms with Crippen LogP contribution in [0.4, 0.5) is 5.82 Å². The van der Waals surface area contributed by atoms with Crippen molar-refractivity contribution in [2.45, 2.75) is 32.2 Å². The third-order valence-electron chi connectivity index (χ3n) is 3.26. The van der Waals surface area contributed by atoms with Crippen molar-refractivity contribution in [2.24, 2.45) is 0 Å². The monoisotopic (exact) mass is 251 g/mol. The first-order valence-electron chi connectivity index (χ1n) is 6.00. The average molecular weight is 251 g/mol. The topological polar surface area (TPSA) is 75.6 Å². The van der Waals surface area contributed by atoms with Gasteiger partial charge in [0, 0.05) is 6.54 Å². The van der Waals surface area contributed by atoms with E-state index in [1.54, 1.807) is 7.11 Å². The summed E-state index contributed by atoms with van der Waals surface area (Å²) in [4.78, 5) is 21.4. The van der Waals surface area contributed by atoms with Gasteiger partial charge in [0.15, 0.2) is 0 Å². The third kappa shape index (κ3) is 2.23. The fourth-order valence-corrected chi connectivity index (χ4v) is 2.36. The van der Waals surface area contributed by atoms with Gasteiger partial charge in [-0.3, -0.25) is 0 Å². The number of nitrogens with zero attached hydrogens (tertiary/aromatic N) is 3. The largest absolute Gasteiger partial charge is 0.481 e. The van der Waals surface area contributed by atoms with Crippen molar-refractivity contribution < 1.29 is 14.6 Å². The van der Waals surface area contributed by atoms with Crippen molar-refractivity contribution in [3.05, 3.63) is 11.9 Å². The number of ether oxygens (including phenoxy) is 1. The SMILES string of the molecule is COc1ncnc(N2CCCCC2C(=O)O)c1C.